The van der Waals surface area contributed by atoms with Crippen molar-refractivity contribution >= 4 is 22.0 Å². The lowest BCUT2D eigenvalue weighted by atomic mass is 9.89. The Hall–Kier alpha value is -1.93. The number of hydrogen-bond donors (Lipinski definition) is 2. The summed E-state index contributed by atoms with van der Waals surface area (Å²) in [5.41, 5.74) is 0.885. The van der Waals surface area contributed by atoms with Crippen LogP contribution in [0.3, 0.4) is 0 Å². The van der Waals surface area contributed by atoms with Crippen molar-refractivity contribution in [2.45, 2.75) is 24.3 Å². The predicted molar refractivity (Wildman–Crippen MR) is 72.2 cm³/mol. The first-order chi connectivity index (χ1) is 9.73. The average molecular weight is 313 g/mol. The normalized spacial score (nSPS) is 22.5. The second-order valence-electron chi connectivity index (χ2n) is 5.03. The number of aliphatic carboxylic acids is 2. The fourth-order valence-corrected chi connectivity index (χ4v) is 4.06. The lowest BCUT2D eigenvalue weighted by Gasteiger charge is -2.43. The van der Waals surface area contributed by atoms with Gasteiger partial charge in [0.15, 0.2) is 0 Å². The van der Waals surface area contributed by atoms with Gasteiger partial charge >= 0.3 is 11.9 Å². The lowest BCUT2D eigenvalue weighted by molar-refractivity contribution is -0.151. The van der Waals surface area contributed by atoms with E-state index in [1.807, 2.05) is 6.92 Å². The molecule has 2 atom stereocenters. The molecule has 8 heteroatoms. The quantitative estimate of drug-likeness (QED) is 0.820. The van der Waals surface area contributed by atoms with E-state index in [1.165, 1.54) is 12.1 Å². The zero-order valence-electron chi connectivity index (χ0n) is 11.3. The molecule has 2 N–H and O–H groups in total. The molecular formula is C13H15NO6S. The maximum Gasteiger partial charge on any atom is 0.322 e. The van der Waals surface area contributed by atoms with Crippen molar-refractivity contribution in [3.63, 3.8) is 0 Å². The van der Waals surface area contributed by atoms with Crippen molar-refractivity contribution in [3.8, 4) is 0 Å². The summed E-state index contributed by atoms with van der Waals surface area (Å²) in [5.74, 6) is -3.18. The Morgan fingerprint density at radius 3 is 2.29 bits per heavy atom. The molecule has 7 nitrogen and oxygen atoms in total. The van der Waals surface area contributed by atoms with Gasteiger partial charge in [0.05, 0.1) is 11.3 Å². The summed E-state index contributed by atoms with van der Waals surface area (Å²) >= 11 is 0. The summed E-state index contributed by atoms with van der Waals surface area (Å²) in [5, 5.41) is 17.9. The van der Waals surface area contributed by atoms with Crippen LogP contribution in [0.2, 0.25) is 0 Å². The van der Waals surface area contributed by atoms with Gasteiger partial charge < -0.3 is 10.2 Å². The third kappa shape index (κ3) is 2.91. The molecule has 1 heterocycles. The van der Waals surface area contributed by atoms with Crippen molar-refractivity contribution in [2.75, 3.05) is 6.54 Å². The number of rotatable bonds is 5. The van der Waals surface area contributed by atoms with Crippen LogP contribution in [0, 0.1) is 12.8 Å². The van der Waals surface area contributed by atoms with Gasteiger partial charge in [-0.1, -0.05) is 17.7 Å². The van der Waals surface area contributed by atoms with Gasteiger partial charge in [-0.3, -0.25) is 9.59 Å². The number of hydrogen-bond acceptors (Lipinski definition) is 4. The van der Waals surface area contributed by atoms with Crippen LogP contribution < -0.4 is 0 Å². The highest BCUT2D eigenvalue weighted by Crippen LogP contribution is 2.34. The van der Waals surface area contributed by atoms with E-state index >= 15 is 0 Å². The summed E-state index contributed by atoms with van der Waals surface area (Å²) in [7, 11) is -3.92. The van der Waals surface area contributed by atoms with Crippen LogP contribution in [-0.4, -0.2) is 47.5 Å². The summed E-state index contributed by atoms with van der Waals surface area (Å²) in [6, 6.07) is 4.74. The van der Waals surface area contributed by atoms with Crippen LogP contribution in [0.4, 0.5) is 0 Å². The van der Waals surface area contributed by atoms with Gasteiger partial charge in [-0.2, -0.15) is 4.31 Å². The van der Waals surface area contributed by atoms with Crippen LogP contribution in [0.25, 0.3) is 0 Å². The van der Waals surface area contributed by atoms with Gasteiger partial charge in [-0.25, -0.2) is 8.42 Å². The molecule has 0 radical (unpaired) electrons. The molecule has 0 spiro atoms. The number of carboxylic acid groups (broad SMARTS) is 2. The molecule has 114 valence electrons. The Kier molecular flexibility index (Phi) is 4.02. The molecule has 1 aromatic rings. The Bertz CT molecular complexity index is 666. The molecule has 0 bridgehead atoms. The van der Waals surface area contributed by atoms with Gasteiger partial charge in [0.1, 0.15) is 6.04 Å². The Morgan fingerprint density at radius 2 is 1.81 bits per heavy atom. The van der Waals surface area contributed by atoms with E-state index in [-0.39, 0.29) is 17.9 Å². The second kappa shape index (κ2) is 5.45. The molecular weight excluding hydrogens is 298 g/mol. The first-order valence-corrected chi connectivity index (χ1v) is 7.70. The van der Waals surface area contributed by atoms with Crippen molar-refractivity contribution in [2.24, 2.45) is 5.92 Å². The minimum Gasteiger partial charge on any atom is -0.481 e. The molecule has 1 saturated heterocycles. The highest BCUT2D eigenvalue weighted by atomic mass is 32.2. The Morgan fingerprint density at radius 1 is 1.24 bits per heavy atom. The highest BCUT2D eigenvalue weighted by molar-refractivity contribution is 7.89. The maximum absolute atomic E-state index is 12.4. The lowest BCUT2D eigenvalue weighted by Crippen LogP contribution is -2.62. The number of carboxylic acids is 2. The summed E-state index contributed by atoms with van der Waals surface area (Å²) in [4.78, 5) is 21.9. The Labute approximate surface area is 121 Å². The van der Waals surface area contributed by atoms with Crippen molar-refractivity contribution in [1.29, 1.82) is 0 Å². The molecule has 0 saturated carbocycles. The third-order valence-electron chi connectivity index (χ3n) is 3.49. The van der Waals surface area contributed by atoms with Gasteiger partial charge in [-0.15, -0.1) is 0 Å². The summed E-state index contributed by atoms with van der Waals surface area (Å²) in [6.45, 7) is 1.71. The van der Waals surface area contributed by atoms with Crippen LogP contribution in [-0.2, 0) is 19.6 Å². The van der Waals surface area contributed by atoms with Crippen molar-refractivity contribution < 1.29 is 28.2 Å². The van der Waals surface area contributed by atoms with Crippen LogP contribution >= 0.6 is 0 Å². The van der Waals surface area contributed by atoms with Crippen molar-refractivity contribution in [3.05, 3.63) is 29.8 Å². The molecule has 1 fully saturated rings. The van der Waals surface area contributed by atoms with E-state index < -0.39 is 33.9 Å². The molecule has 21 heavy (non-hydrogen) atoms. The van der Waals surface area contributed by atoms with Crippen molar-refractivity contribution in [1.82, 2.24) is 4.31 Å². The second-order valence-corrected chi connectivity index (χ2v) is 6.92. The van der Waals surface area contributed by atoms with E-state index in [0.717, 1.165) is 9.87 Å². The molecule has 1 aliphatic heterocycles. The maximum atomic E-state index is 12.4. The zero-order chi connectivity index (χ0) is 15.8. The fourth-order valence-electron chi connectivity index (χ4n) is 2.36. The van der Waals surface area contributed by atoms with Crippen LogP contribution in [0.15, 0.2) is 29.2 Å². The van der Waals surface area contributed by atoms with Gasteiger partial charge in [0.2, 0.25) is 10.0 Å². The molecule has 0 amide bonds. The summed E-state index contributed by atoms with van der Waals surface area (Å²) in [6.07, 6.45) is -0.364. The number of sulfonamides is 1. The van der Waals surface area contributed by atoms with Gasteiger partial charge in [-0.05, 0) is 19.1 Å². The number of nitrogens with zero attached hydrogens (tertiary/aromatic N) is 1. The molecule has 1 aliphatic rings. The highest BCUT2D eigenvalue weighted by Gasteiger charge is 2.51. The zero-order valence-corrected chi connectivity index (χ0v) is 12.1. The average Bonchev–Trinajstić information content (AvgIpc) is 2.33. The topological polar surface area (TPSA) is 112 Å². The largest absolute Gasteiger partial charge is 0.481 e. The number of aryl methyl sites for hydroxylation is 1. The van der Waals surface area contributed by atoms with Crippen LogP contribution in [0.1, 0.15) is 12.0 Å². The fraction of sp³-hybridized carbons (Fsp3) is 0.385. The predicted octanol–water partition coefficient (Wildman–Crippen LogP) is 0.543. The third-order valence-corrected chi connectivity index (χ3v) is 5.35. The van der Waals surface area contributed by atoms with E-state index in [2.05, 4.69) is 0 Å². The summed E-state index contributed by atoms with van der Waals surface area (Å²) < 4.78 is 25.6. The van der Waals surface area contributed by atoms with Crippen LogP contribution in [0.5, 0.6) is 0 Å². The van der Waals surface area contributed by atoms with E-state index in [4.69, 9.17) is 10.2 Å². The van der Waals surface area contributed by atoms with E-state index in [1.54, 1.807) is 12.1 Å². The number of carbonyl (C=O) groups is 2. The molecule has 0 aliphatic carbocycles. The smallest absolute Gasteiger partial charge is 0.322 e. The molecule has 0 unspecified atom stereocenters. The first kappa shape index (κ1) is 15.5. The number of benzene rings is 1. The molecule has 2 rings (SSSR count). The van der Waals surface area contributed by atoms with E-state index in [9.17, 15) is 18.0 Å². The molecule has 1 aromatic carbocycles. The first-order valence-electron chi connectivity index (χ1n) is 6.26. The Balaban J connectivity index is 2.27. The monoisotopic (exact) mass is 313 g/mol. The van der Waals surface area contributed by atoms with E-state index in [0.29, 0.717) is 0 Å². The standard InChI is InChI=1S/C13H15NO6S/c1-8-2-4-10(5-3-8)21(19,20)14-7-9(6-11(15)16)12(14)13(17)18/h2-5,9,12H,6-7H2,1H3,(H,15,16)(H,17,18)/t9-,12+/m0/s1. The van der Waals surface area contributed by atoms with Gasteiger partial charge in [0, 0.05) is 12.5 Å². The minimum absolute atomic E-state index is 0.00752. The van der Waals surface area contributed by atoms with Gasteiger partial charge in [0.25, 0.3) is 0 Å². The minimum atomic E-state index is -3.92. The SMILES string of the molecule is Cc1ccc(S(=O)(=O)N2C[C@H](CC(=O)O)[C@@H]2C(=O)O)cc1. The molecule has 0 aromatic heterocycles.